The van der Waals surface area contributed by atoms with Gasteiger partial charge in [-0.15, -0.1) is 0 Å². The van der Waals surface area contributed by atoms with Crippen molar-refractivity contribution >= 4 is 29.2 Å². The fourth-order valence-corrected chi connectivity index (χ4v) is 6.57. The van der Waals surface area contributed by atoms with Gasteiger partial charge in [-0.25, -0.2) is 4.79 Å². The molecule has 2 heterocycles. The second-order valence-electron chi connectivity index (χ2n) is 9.53. The molecule has 0 unspecified atom stereocenters. The van der Waals surface area contributed by atoms with Crippen LogP contribution in [0, 0.1) is 29.6 Å². The number of methoxy groups -OCH3 is 2. The summed E-state index contributed by atoms with van der Waals surface area (Å²) in [5.74, 6) is -0.661. The molecule has 9 heteroatoms. The van der Waals surface area contributed by atoms with Crippen molar-refractivity contribution in [2.75, 3.05) is 25.7 Å². The maximum Gasteiger partial charge on any atom is 0.338 e. The van der Waals surface area contributed by atoms with Gasteiger partial charge in [-0.3, -0.25) is 14.5 Å². The second kappa shape index (κ2) is 8.36. The average Bonchev–Trinajstić information content (AvgIpc) is 3.64. The molecule has 3 fully saturated rings. The molecule has 1 saturated heterocycles. The molecule has 0 radical (unpaired) electrons. The molecule has 4 aliphatic rings. The van der Waals surface area contributed by atoms with Gasteiger partial charge in [0.25, 0.3) is 0 Å². The number of hydrogen-bond donors (Lipinski definition) is 0. The maximum atomic E-state index is 13.6. The van der Waals surface area contributed by atoms with E-state index in [-0.39, 0.29) is 42.3 Å². The maximum absolute atomic E-state index is 13.6. The van der Waals surface area contributed by atoms with E-state index < -0.39 is 17.8 Å². The quantitative estimate of drug-likeness (QED) is 0.453. The first-order valence-electron chi connectivity index (χ1n) is 12.1. The lowest BCUT2D eigenvalue weighted by Crippen LogP contribution is -2.41. The van der Waals surface area contributed by atoms with E-state index in [4.69, 9.17) is 19.0 Å². The van der Waals surface area contributed by atoms with Crippen molar-refractivity contribution < 1.29 is 33.4 Å². The smallest absolute Gasteiger partial charge is 0.338 e. The number of oxime groups is 1. The number of benzene rings is 2. The van der Waals surface area contributed by atoms with E-state index in [1.54, 1.807) is 51.5 Å². The molecule has 2 aromatic carbocycles. The first-order valence-corrected chi connectivity index (χ1v) is 12.1. The van der Waals surface area contributed by atoms with Crippen LogP contribution < -0.4 is 14.4 Å². The first-order chi connectivity index (χ1) is 17.5. The molecule has 2 saturated carbocycles. The van der Waals surface area contributed by atoms with Crippen LogP contribution in [0.2, 0.25) is 0 Å². The molecule has 2 aliphatic carbocycles. The minimum Gasteiger partial charge on any atom is -0.497 e. The van der Waals surface area contributed by atoms with Crippen LogP contribution in [0.4, 0.5) is 5.69 Å². The Kier molecular flexibility index (Phi) is 5.24. The number of anilines is 1. The van der Waals surface area contributed by atoms with Crippen LogP contribution in [0.1, 0.15) is 29.3 Å². The molecule has 36 heavy (non-hydrogen) atoms. The summed E-state index contributed by atoms with van der Waals surface area (Å²) in [5.41, 5.74) is 2.39. The Balaban J connectivity index is 1.29. The van der Waals surface area contributed by atoms with Gasteiger partial charge in [-0.2, -0.15) is 0 Å². The number of esters is 1. The highest BCUT2D eigenvalue weighted by Gasteiger charge is 2.70. The van der Waals surface area contributed by atoms with Crippen molar-refractivity contribution in [1.29, 1.82) is 0 Å². The monoisotopic (exact) mass is 490 g/mol. The van der Waals surface area contributed by atoms with Gasteiger partial charge < -0.3 is 19.0 Å². The number of carbonyl (C=O) groups is 3. The molecule has 6 atom stereocenters. The van der Waals surface area contributed by atoms with Crippen molar-refractivity contribution in [3.05, 3.63) is 53.6 Å². The highest BCUT2D eigenvalue weighted by Crippen LogP contribution is 2.62. The van der Waals surface area contributed by atoms with E-state index in [2.05, 4.69) is 5.16 Å². The van der Waals surface area contributed by atoms with Gasteiger partial charge in [0.1, 0.15) is 17.6 Å². The molecule has 2 aromatic rings. The zero-order valence-electron chi connectivity index (χ0n) is 20.2. The van der Waals surface area contributed by atoms with E-state index in [1.807, 2.05) is 12.1 Å². The third-order valence-corrected chi connectivity index (χ3v) is 8.01. The Hall–Kier alpha value is -3.88. The Morgan fingerprint density at radius 2 is 1.72 bits per heavy atom. The Bertz CT molecular complexity index is 1290. The molecule has 0 spiro atoms. The van der Waals surface area contributed by atoms with Crippen LogP contribution in [0.15, 0.2) is 47.6 Å². The van der Waals surface area contributed by atoms with E-state index >= 15 is 0 Å². The molecule has 2 aliphatic heterocycles. The molecular weight excluding hydrogens is 464 g/mol. The Labute approximate surface area is 207 Å². The molecule has 6 rings (SSSR count). The summed E-state index contributed by atoms with van der Waals surface area (Å²) in [7, 11) is 3.18. The summed E-state index contributed by atoms with van der Waals surface area (Å²) in [4.78, 5) is 46.3. The van der Waals surface area contributed by atoms with Crippen molar-refractivity contribution in [2.45, 2.75) is 19.4 Å². The zero-order chi connectivity index (χ0) is 25.1. The lowest BCUT2D eigenvalue weighted by molar-refractivity contribution is -0.125. The van der Waals surface area contributed by atoms with E-state index in [0.717, 1.165) is 17.7 Å². The van der Waals surface area contributed by atoms with Gasteiger partial charge in [0, 0.05) is 23.5 Å². The third kappa shape index (κ3) is 3.08. The number of amides is 2. The van der Waals surface area contributed by atoms with Gasteiger partial charge in [-0.1, -0.05) is 5.16 Å². The lowest BCUT2D eigenvalue weighted by Gasteiger charge is -2.30. The number of imide groups is 1. The van der Waals surface area contributed by atoms with Gasteiger partial charge in [0.15, 0.2) is 0 Å². The number of nitrogens with zero attached hydrogens (tertiary/aromatic N) is 2. The highest BCUT2D eigenvalue weighted by molar-refractivity contribution is 6.23. The fraction of sp³-hybridized carbons (Fsp3) is 0.407. The number of carbonyl (C=O) groups excluding carboxylic acids is 3. The van der Waals surface area contributed by atoms with Crippen LogP contribution in [-0.4, -0.2) is 50.4 Å². The van der Waals surface area contributed by atoms with E-state index in [1.165, 1.54) is 4.90 Å². The number of hydrogen-bond acceptors (Lipinski definition) is 8. The van der Waals surface area contributed by atoms with Crippen molar-refractivity contribution in [1.82, 2.24) is 0 Å². The Morgan fingerprint density at radius 1 is 1.00 bits per heavy atom. The largest absolute Gasteiger partial charge is 0.497 e. The highest BCUT2D eigenvalue weighted by atomic mass is 16.6. The number of rotatable bonds is 6. The topological polar surface area (TPSA) is 104 Å². The van der Waals surface area contributed by atoms with Crippen LogP contribution in [0.25, 0.3) is 0 Å². The van der Waals surface area contributed by atoms with Crippen molar-refractivity contribution in [2.24, 2.45) is 34.7 Å². The molecule has 9 nitrogen and oxygen atoms in total. The Morgan fingerprint density at radius 3 is 2.39 bits per heavy atom. The normalized spacial score (nSPS) is 29.5. The summed E-state index contributed by atoms with van der Waals surface area (Å²) in [6.07, 6.45) is 0.496. The predicted octanol–water partition coefficient (Wildman–Crippen LogP) is 3.06. The first kappa shape index (κ1) is 22.6. The zero-order valence-corrected chi connectivity index (χ0v) is 20.2. The minimum atomic E-state index is -0.441. The van der Waals surface area contributed by atoms with E-state index in [9.17, 15) is 14.4 Å². The third-order valence-electron chi connectivity index (χ3n) is 8.01. The second-order valence-corrected chi connectivity index (χ2v) is 9.53. The van der Waals surface area contributed by atoms with Crippen LogP contribution in [0.5, 0.6) is 11.5 Å². The summed E-state index contributed by atoms with van der Waals surface area (Å²) in [6.45, 7) is 2.01. The summed E-state index contributed by atoms with van der Waals surface area (Å²) in [5, 5.41) is 4.41. The van der Waals surface area contributed by atoms with Crippen LogP contribution >= 0.6 is 0 Å². The van der Waals surface area contributed by atoms with Gasteiger partial charge in [0.05, 0.1) is 49.6 Å². The van der Waals surface area contributed by atoms with Gasteiger partial charge >= 0.3 is 5.97 Å². The molecule has 2 bridgehead atoms. The number of ether oxygens (including phenoxy) is 3. The minimum absolute atomic E-state index is 0.0571. The van der Waals surface area contributed by atoms with Crippen LogP contribution in [-0.2, 0) is 19.2 Å². The lowest BCUT2D eigenvalue weighted by atomic mass is 9.71. The average molecular weight is 491 g/mol. The van der Waals surface area contributed by atoms with Gasteiger partial charge in [-0.05, 0) is 55.7 Å². The standard InChI is InChI=1S/C27H26N2O7/c1-4-35-27(32)13-5-7-14(8-6-13)29-25(30)20-17-12-18(21(20)26(29)31)24-22(17)23(28-36-24)16-10-9-15(33-2)11-19(16)34-3/h5-11,17-18,20-22,24H,4,12H2,1-3H3/t17-,18-,20+,21-,22-,24+/m0/s1. The fourth-order valence-electron chi connectivity index (χ4n) is 6.57. The molecule has 186 valence electrons. The molecule has 0 N–H and O–H groups in total. The summed E-state index contributed by atoms with van der Waals surface area (Å²) >= 11 is 0. The summed E-state index contributed by atoms with van der Waals surface area (Å²) in [6, 6.07) is 11.9. The molecule has 0 aromatic heterocycles. The predicted molar refractivity (Wildman–Crippen MR) is 128 cm³/mol. The molecule has 2 amide bonds. The van der Waals surface area contributed by atoms with Crippen LogP contribution in [0.3, 0.4) is 0 Å². The molecular formula is C27H26N2O7. The van der Waals surface area contributed by atoms with Gasteiger partial charge in [0.2, 0.25) is 11.8 Å². The van der Waals surface area contributed by atoms with Crippen molar-refractivity contribution in [3.63, 3.8) is 0 Å². The van der Waals surface area contributed by atoms with Crippen molar-refractivity contribution in [3.8, 4) is 11.5 Å². The number of fused-ring (bicyclic) bond motifs is 8. The van der Waals surface area contributed by atoms with E-state index in [0.29, 0.717) is 22.7 Å². The SMILES string of the molecule is CCOC(=O)c1ccc(N2C(=O)[C@@H]3[C@@H]4C[C@H]([C@H]5ON=C(c6ccc(OC)cc6OC)[C@H]45)[C@@H]3C2=O)cc1. The summed E-state index contributed by atoms with van der Waals surface area (Å²) < 4.78 is 15.9.